The van der Waals surface area contributed by atoms with Crippen molar-refractivity contribution in [3.05, 3.63) is 0 Å². The zero-order valence-electron chi connectivity index (χ0n) is 8.63. The van der Waals surface area contributed by atoms with E-state index in [0.717, 1.165) is 23.9 Å². The van der Waals surface area contributed by atoms with Crippen LogP contribution in [-0.4, -0.2) is 38.0 Å². The van der Waals surface area contributed by atoms with E-state index in [9.17, 15) is 4.79 Å². The SMILES string of the molecule is C[C@@H]1C[C@H](C[N+](C)(C)C)CC1=O. The van der Waals surface area contributed by atoms with Crippen LogP contribution in [-0.2, 0) is 4.79 Å². The Bertz CT molecular complexity index is 181. The molecule has 0 heterocycles. The molecule has 1 rings (SSSR count). The molecule has 70 valence electrons. The van der Waals surface area contributed by atoms with Gasteiger partial charge < -0.3 is 4.48 Å². The number of carbonyl (C=O) groups is 1. The van der Waals surface area contributed by atoms with Crippen molar-refractivity contribution >= 4 is 5.78 Å². The van der Waals surface area contributed by atoms with Crippen LogP contribution in [0, 0.1) is 11.8 Å². The average molecular weight is 170 g/mol. The number of hydrogen-bond donors (Lipinski definition) is 0. The molecule has 0 spiro atoms. The lowest BCUT2D eigenvalue weighted by molar-refractivity contribution is -0.873. The molecule has 0 N–H and O–H groups in total. The van der Waals surface area contributed by atoms with Crippen molar-refractivity contribution in [3.8, 4) is 0 Å². The normalized spacial score (nSPS) is 31.2. The Labute approximate surface area is 75.1 Å². The molecule has 0 aromatic heterocycles. The molecule has 0 bridgehead atoms. The van der Waals surface area contributed by atoms with Gasteiger partial charge in [0.05, 0.1) is 27.7 Å². The standard InChI is InChI=1S/C10H20NO/c1-8-5-9(6-10(8)12)7-11(2,3)4/h8-9H,5-7H2,1-4H3/q+1/t8-,9+/m1/s1. The van der Waals surface area contributed by atoms with Crippen LogP contribution in [0.2, 0.25) is 0 Å². The van der Waals surface area contributed by atoms with Crippen LogP contribution in [0.15, 0.2) is 0 Å². The van der Waals surface area contributed by atoms with E-state index in [4.69, 9.17) is 0 Å². The maximum atomic E-state index is 11.3. The monoisotopic (exact) mass is 170 g/mol. The maximum Gasteiger partial charge on any atom is 0.136 e. The Kier molecular flexibility index (Phi) is 2.57. The first-order valence-electron chi connectivity index (χ1n) is 4.71. The minimum absolute atomic E-state index is 0.321. The highest BCUT2D eigenvalue weighted by Crippen LogP contribution is 2.28. The molecule has 2 atom stereocenters. The Morgan fingerprint density at radius 1 is 1.42 bits per heavy atom. The van der Waals surface area contributed by atoms with Crippen LogP contribution in [0.5, 0.6) is 0 Å². The predicted molar refractivity (Wildman–Crippen MR) is 49.8 cm³/mol. The Balaban J connectivity index is 2.43. The largest absolute Gasteiger partial charge is 0.331 e. The molecule has 2 nitrogen and oxygen atoms in total. The topological polar surface area (TPSA) is 17.1 Å². The lowest BCUT2D eigenvalue weighted by Gasteiger charge is -2.26. The highest BCUT2D eigenvalue weighted by molar-refractivity contribution is 5.82. The molecule has 1 aliphatic rings. The number of ketones is 1. The summed E-state index contributed by atoms with van der Waals surface area (Å²) >= 11 is 0. The second-order valence-electron chi connectivity index (χ2n) is 5.15. The van der Waals surface area contributed by atoms with Gasteiger partial charge in [0.2, 0.25) is 0 Å². The third kappa shape index (κ3) is 2.59. The highest BCUT2D eigenvalue weighted by Gasteiger charge is 2.32. The molecule has 0 aromatic carbocycles. The summed E-state index contributed by atoms with van der Waals surface area (Å²) in [6.45, 7) is 3.19. The molecule has 1 fully saturated rings. The zero-order valence-corrected chi connectivity index (χ0v) is 8.63. The molecule has 0 amide bonds. The van der Waals surface area contributed by atoms with E-state index in [1.165, 1.54) is 0 Å². The van der Waals surface area contributed by atoms with Crippen LogP contribution in [0.25, 0.3) is 0 Å². The van der Waals surface area contributed by atoms with Gasteiger partial charge in [0.15, 0.2) is 0 Å². The summed E-state index contributed by atoms with van der Waals surface area (Å²) in [4.78, 5) is 11.3. The smallest absolute Gasteiger partial charge is 0.136 e. The van der Waals surface area contributed by atoms with E-state index in [0.29, 0.717) is 17.6 Å². The van der Waals surface area contributed by atoms with Crippen LogP contribution in [0.3, 0.4) is 0 Å². The summed E-state index contributed by atoms with van der Waals surface area (Å²) in [6.07, 6.45) is 1.92. The third-order valence-electron chi connectivity index (χ3n) is 2.53. The maximum absolute atomic E-state index is 11.3. The molecule has 0 unspecified atom stereocenters. The van der Waals surface area contributed by atoms with Crippen molar-refractivity contribution in [2.45, 2.75) is 19.8 Å². The minimum atomic E-state index is 0.321. The summed E-state index contributed by atoms with van der Waals surface area (Å²) < 4.78 is 0.977. The number of hydrogen-bond acceptors (Lipinski definition) is 1. The highest BCUT2D eigenvalue weighted by atomic mass is 16.1. The Morgan fingerprint density at radius 3 is 2.33 bits per heavy atom. The first-order valence-corrected chi connectivity index (χ1v) is 4.71. The summed E-state index contributed by atoms with van der Waals surface area (Å²) in [7, 11) is 6.56. The van der Waals surface area contributed by atoms with Gasteiger partial charge in [-0.25, -0.2) is 0 Å². The first-order chi connectivity index (χ1) is 5.38. The van der Waals surface area contributed by atoms with Gasteiger partial charge in [-0.1, -0.05) is 6.92 Å². The first kappa shape index (κ1) is 9.72. The molecule has 0 saturated heterocycles. The number of rotatable bonds is 2. The summed E-state index contributed by atoms with van der Waals surface area (Å²) in [5.74, 6) is 1.42. The number of nitrogens with zero attached hydrogens (tertiary/aromatic N) is 1. The lowest BCUT2D eigenvalue weighted by atomic mass is 10.1. The van der Waals surface area contributed by atoms with Gasteiger partial charge in [0.1, 0.15) is 5.78 Å². The Hall–Kier alpha value is -0.370. The van der Waals surface area contributed by atoms with Gasteiger partial charge in [-0.3, -0.25) is 4.79 Å². The minimum Gasteiger partial charge on any atom is -0.331 e. The average Bonchev–Trinajstić information content (AvgIpc) is 2.07. The molecule has 1 aliphatic carbocycles. The molecule has 0 radical (unpaired) electrons. The van der Waals surface area contributed by atoms with Gasteiger partial charge >= 0.3 is 0 Å². The van der Waals surface area contributed by atoms with Crippen molar-refractivity contribution in [2.24, 2.45) is 11.8 Å². The van der Waals surface area contributed by atoms with E-state index >= 15 is 0 Å². The van der Waals surface area contributed by atoms with E-state index in [1.54, 1.807) is 0 Å². The van der Waals surface area contributed by atoms with Gasteiger partial charge in [-0.2, -0.15) is 0 Å². The van der Waals surface area contributed by atoms with Crippen molar-refractivity contribution in [3.63, 3.8) is 0 Å². The van der Waals surface area contributed by atoms with E-state index in [1.807, 2.05) is 0 Å². The van der Waals surface area contributed by atoms with Gasteiger partial charge in [-0.15, -0.1) is 0 Å². The molecule has 2 heteroatoms. The number of Topliss-reactive ketones (excluding diaryl/α,β-unsaturated/α-hetero) is 1. The second kappa shape index (κ2) is 3.17. The lowest BCUT2D eigenvalue weighted by Crippen LogP contribution is -2.38. The van der Waals surface area contributed by atoms with Crippen LogP contribution < -0.4 is 0 Å². The van der Waals surface area contributed by atoms with Gasteiger partial charge in [0.25, 0.3) is 0 Å². The summed E-state index contributed by atoms with van der Waals surface area (Å²) in [5.41, 5.74) is 0. The summed E-state index contributed by atoms with van der Waals surface area (Å²) in [6, 6.07) is 0. The fourth-order valence-corrected chi connectivity index (χ4v) is 2.11. The fraction of sp³-hybridized carbons (Fsp3) is 0.900. The molecular weight excluding hydrogens is 150 g/mol. The van der Waals surface area contributed by atoms with Gasteiger partial charge in [0, 0.05) is 18.3 Å². The van der Waals surface area contributed by atoms with Crippen molar-refractivity contribution in [1.82, 2.24) is 0 Å². The summed E-state index contributed by atoms with van der Waals surface area (Å²) in [5, 5.41) is 0. The Morgan fingerprint density at radius 2 is 2.00 bits per heavy atom. The molecule has 1 saturated carbocycles. The van der Waals surface area contributed by atoms with E-state index in [-0.39, 0.29) is 0 Å². The molecule has 12 heavy (non-hydrogen) atoms. The molecule has 0 aromatic rings. The third-order valence-corrected chi connectivity index (χ3v) is 2.53. The van der Waals surface area contributed by atoms with Gasteiger partial charge in [-0.05, 0) is 6.42 Å². The quantitative estimate of drug-likeness (QED) is 0.571. The van der Waals surface area contributed by atoms with Crippen LogP contribution in [0.1, 0.15) is 19.8 Å². The fourth-order valence-electron chi connectivity index (χ4n) is 2.11. The molecule has 0 aliphatic heterocycles. The van der Waals surface area contributed by atoms with Crippen LogP contribution >= 0.6 is 0 Å². The second-order valence-corrected chi connectivity index (χ2v) is 5.15. The zero-order chi connectivity index (χ0) is 9.35. The van der Waals surface area contributed by atoms with E-state index < -0.39 is 0 Å². The number of carbonyl (C=O) groups excluding carboxylic acids is 1. The van der Waals surface area contributed by atoms with Crippen molar-refractivity contribution in [2.75, 3.05) is 27.7 Å². The number of quaternary nitrogens is 1. The van der Waals surface area contributed by atoms with Crippen molar-refractivity contribution < 1.29 is 9.28 Å². The van der Waals surface area contributed by atoms with Crippen molar-refractivity contribution in [1.29, 1.82) is 0 Å². The predicted octanol–water partition coefficient (Wildman–Crippen LogP) is 1.31. The molecular formula is C10H20NO+. The van der Waals surface area contributed by atoms with E-state index in [2.05, 4.69) is 28.1 Å². The van der Waals surface area contributed by atoms with Crippen LogP contribution in [0.4, 0.5) is 0 Å².